The van der Waals surface area contributed by atoms with E-state index >= 15 is 0 Å². The van der Waals surface area contributed by atoms with E-state index in [1.807, 2.05) is 6.07 Å². The van der Waals surface area contributed by atoms with E-state index in [2.05, 4.69) is 16.6 Å². The minimum absolute atomic E-state index is 0. The van der Waals surface area contributed by atoms with E-state index in [9.17, 15) is 19.8 Å². The molecule has 0 fully saturated rings. The molecule has 0 amide bonds. The van der Waals surface area contributed by atoms with Crippen LogP contribution in [0, 0.1) is 6.08 Å². The number of allylic oxidation sites excluding steroid dienone is 1. The Kier molecular flexibility index (Phi) is 11.1. The van der Waals surface area contributed by atoms with Gasteiger partial charge in [-0.3, -0.25) is 5.43 Å². The van der Waals surface area contributed by atoms with Crippen LogP contribution in [0.2, 0.25) is 0 Å². The number of nitrogens with zero attached hydrogens (tertiary/aromatic N) is 1. The van der Waals surface area contributed by atoms with Crippen LogP contribution < -0.4 is 69.6 Å². The molecule has 4 rings (SSSR count). The fourth-order valence-electron chi connectivity index (χ4n) is 2.99. The number of carboxylic acid groups (broad SMARTS) is 1. The Morgan fingerprint density at radius 1 is 1.03 bits per heavy atom. The van der Waals surface area contributed by atoms with Gasteiger partial charge in [-0.1, -0.05) is 48.0 Å². The summed E-state index contributed by atoms with van der Waals surface area (Å²) in [6, 6.07) is 15.4. The number of fused-ring (bicyclic) bond motifs is 2. The van der Waals surface area contributed by atoms with Gasteiger partial charge in [0.25, 0.3) is 0 Å². The third-order valence-corrected chi connectivity index (χ3v) is 4.30. The quantitative estimate of drug-likeness (QED) is 0.163. The first-order valence-corrected chi connectivity index (χ1v) is 9.59. The van der Waals surface area contributed by atoms with E-state index in [4.69, 9.17) is 12.6 Å². The largest absolute Gasteiger partial charge is 1.00 e. The Balaban J connectivity index is 0.000000842. The third kappa shape index (κ3) is 6.84. The Bertz CT molecular complexity index is 1380. The molecule has 0 atom stereocenters. The first kappa shape index (κ1) is 28.7. The Morgan fingerprint density at radius 3 is 2.30 bits per heavy atom. The van der Waals surface area contributed by atoms with E-state index in [-0.39, 0.29) is 81.9 Å². The smallest absolute Gasteiger partial charge is 0.545 e. The summed E-state index contributed by atoms with van der Waals surface area (Å²) in [5, 5.41) is 27.0. The first-order valence-electron chi connectivity index (χ1n) is 8.59. The molecule has 0 bridgehead atoms. The summed E-state index contributed by atoms with van der Waals surface area (Å²) in [4.78, 5) is 23.6. The molecule has 156 valence electrons. The van der Waals surface area contributed by atoms with Gasteiger partial charge in [0.15, 0.2) is 0 Å². The van der Waals surface area contributed by atoms with Crippen molar-refractivity contribution in [3.8, 4) is 5.75 Å². The first-order chi connectivity index (χ1) is 14.8. The molecule has 3 aromatic carbocycles. The molecule has 12 heteroatoms. The number of aromatic hydroxyl groups is 1. The summed E-state index contributed by atoms with van der Waals surface area (Å²) in [5.41, 5.74) is 3.85. The van der Waals surface area contributed by atoms with Crippen LogP contribution in [-0.2, 0) is 15.4 Å². The van der Waals surface area contributed by atoms with E-state index in [0.29, 0.717) is 16.3 Å². The zero-order chi connectivity index (χ0) is 22.5. The molecule has 2 N–H and O–H groups in total. The van der Waals surface area contributed by atoms with Gasteiger partial charge in [0.2, 0.25) is 0 Å². The molecular weight excluding hydrogens is 470 g/mol. The molecule has 0 saturated heterocycles. The van der Waals surface area contributed by atoms with Gasteiger partial charge < -0.3 is 19.8 Å². The van der Waals surface area contributed by atoms with Crippen LogP contribution >= 0.6 is 0 Å². The predicted octanol–water partition coefficient (Wildman–Crippen LogP) is -4.98. The zero-order valence-electron chi connectivity index (χ0n) is 17.5. The van der Waals surface area contributed by atoms with E-state index in [1.165, 1.54) is 12.1 Å². The average Bonchev–Trinajstić information content (AvgIpc) is 2.73. The minimum Gasteiger partial charge on any atom is -0.545 e. The summed E-state index contributed by atoms with van der Waals surface area (Å²) in [5.74, 6) is -2.36. The van der Waals surface area contributed by atoms with E-state index in [0.717, 1.165) is 5.56 Å². The van der Waals surface area contributed by atoms with Crippen molar-refractivity contribution in [1.29, 1.82) is 0 Å². The maximum Gasteiger partial charge on any atom is 1.00 e. The number of phenols is 1. The van der Waals surface area contributed by atoms with Gasteiger partial charge in [-0.15, -0.1) is 36.4 Å². The van der Waals surface area contributed by atoms with Gasteiger partial charge >= 0.3 is 69.7 Å². The number of aromatic carboxylic acids is 1. The normalized spacial score (nSPS) is 12.5. The summed E-state index contributed by atoms with van der Waals surface area (Å²) in [6.45, 7) is 0. The van der Waals surface area contributed by atoms with Crippen molar-refractivity contribution in [3.05, 3.63) is 83.4 Å². The van der Waals surface area contributed by atoms with Crippen molar-refractivity contribution in [2.24, 2.45) is 5.10 Å². The van der Waals surface area contributed by atoms with Crippen LogP contribution in [0.4, 0.5) is 5.69 Å². The van der Waals surface area contributed by atoms with E-state index in [1.54, 1.807) is 42.5 Å². The number of hydrogen-bond acceptors (Lipinski definition) is 9. The molecular formula is C21H12N2Na2O7S. The molecule has 0 radical (unpaired) electrons. The standard InChI is InChI=1S/C21H13N2O4.2Na.O3S/c24-17-10-9-12-5-1-3-7-14(12)18(17)22-23-19-15-8-4-2-6-13(15)11-16(20(19)25)21(26)27;;;1-4(2)3/h1-8,10-11,23,25H,(H,26,27);;;/q-1;2*+1;/p-1. The maximum absolute atomic E-state index is 12.2. The van der Waals surface area contributed by atoms with Crippen LogP contribution in [0.3, 0.4) is 0 Å². The number of carbonyl (C=O) groups is 2. The van der Waals surface area contributed by atoms with Gasteiger partial charge in [0, 0.05) is 10.9 Å². The second kappa shape index (κ2) is 12.8. The van der Waals surface area contributed by atoms with Crippen LogP contribution in [0.25, 0.3) is 10.8 Å². The maximum atomic E-state index is 12.2. The van der Waals surface area contributed by atoms with Crippen LogP contribution in [0.15, 0.2) is 65.8 Å². The summed E-state index contributed by atoms with van der Waals surface area (Å²) < 4.78 is 25.3. The number of hydrogen-bond donors (Lipinski definition) is 2. The zero-order valence-corrected chi connectivity index (χ0v) is 22.3. The number of carbonyl (C=O) groups excluding carboxylic acids is 2. The van der Waals surface area contributed by atoms with Crippen molar-refractivity contribution in [1.82, 2.24) is 0 Å². The van der Waals surface area contributed by atoms with Crippen molar-refractivity contribution >= 4 is 44.5 Å². The number of rotatable bonds is 3. The van der Waals surface area contributed by atoms with Gasteiger partial charge in [-0.2, -0.15) is 5.10 Å². The molecule has 0 heterocycles. The predicted molar refractivity (Wildman–Crippen MR) is 108 cm³/mol. The van der Waals surface area contributed by atoms with Gasteiger partial charge in [-0.05, 0) is 11.5 Å². The molecule has 9 nitrogen and oxygen atoms in total. The molecule has 0 spiro atoms. The molecule has 1 aliphatic carbocycles. The van der Waals surface area contributed by atoms with Gasteiger partial charge in [0.05, 0.1) is 11.7 Å². The Morgan fingerprint density at radius 2 is 1.64 bits per heavy atom. The van der Waals surface area contributed by atoms with Crippen LogP contribution in [-0.4, -0.2) is 35.2 Å². The second-order valence-corrected chi connectivity index (χ2v) is 6.54. The molecule has 1 aliphatic rings. The monoisotopic (exact) mass is 482 g/mol. The topological polar surface area (TPSA) is 153 Å². The van der Waals surface area contributed by atoms with Crippen LogP contribution in [0.1, 0.15) is 21.5 Å². The number of anilines is 1. The SMILES string of the molecule is O=C1C=[C-]c2ccccc2C1=NNc1c(O)c(C(=O)[O-])cc2ccccc12.O=S(=O)=O.[Na+].[Na+]. The van der Waals surface area contributed by atoms with Crippen molar-refractivity contribution in [2.45, 2.75) is 0 Å². The average molecular weight is 482 g/mol. The molecule has 0 aromatic heterocycles. The van der Waals surface area contributed by atoms with Crippen LogP contribution in [0.5, 0.6) is 5.75 Å². The fraction of sp³-hybridized carbons (Fsp3) is 0. The third-order valence-electron chi connectivity index (χ3n) is 4.30. The summed E-state index contributed by atoms with van der Waals surface area (Å²) >= 11 is 0. The van der Waals surface area contributed by atoms with Crippen molar-refractivity contribution in [2.75, 3.05) is 5.43 Å². The number of benzene rings is 3. The van der Waals surface area contributed by atoms with Gasteiger partial charge in [-0.25, -0.2) is 0 Å². The molecule has 0 saturated carbocycles. The number of hydrazone groups is 1. The van der Waals surface area contributed by atoms with Gasteiger partial charge in [0.1, 0.15) is 17.2 Å². The fourth-order valence-corrected chi connectivity index (χ4v) is 2.99. The number of nitrogens with one attached hydrogen (secondary N) is 1. The second-order valence-electron chi connectivity index (χ2n) is 6.13. The Labute approximate surface area is 233 Å². The van der Waals surface area contributed by atoms with Crippen molar-refractivity contribution in [3.63, 3.8) is 0 Å². The molecule has 0 unspecified atom stereocenters. The number of ketones is 1. The van der Waals surface area contributed by atoms with Crippen molar-refractivity contribution < 1.29 is 91.5 Å². The summed E-state index contributed by atoms with van der Waals surface area (Å²) in [6.07, 6.45) is 4.18. The molecule has 33 heavy (non-hydrogen) atoms. The minimum atomic E-state index is -3.11. The number of carboxylic acids is 1. The summed E-state index contributed by atoms with van der Waals surface area (Å²) in [7, 11) is -3.11. The molecule has 3 aromatic rings. The van der Waals surface area contributed by atoms with E-state index < -0.39 is 22.3 Å². The Hall–Kier alpha value is -2.31. The molecule has 0 aliphatic heterocycles.